The lowest BCUT2D eigenvalue weighted by Gasteiger charge is -2.51. The molecule has 1 aromatic rings. The van der Waals surface area contributed by atoms with Crippen LogP contribution in [0.25, 0.3) is 0 Å². The van der Waals surface area contributed by atoms with E-state index < -0.39 is 17.5 Å². The zero-order valence-electron chi connectivity index (χ0n) is 15.6. The van der Waals surface area contributed by atoms with Crippen LogP contribution < -0.4 is 0 Å². The summed E-state index contributed by atoms with van der Waals surface area (Å²) in [6.07, 6.45) is 2.41. The average molecular weight is 382 g/mol. The van der Waals surface area contributed by atoms with E-state index in [-0.39, 0.29) is 23.4 Å². The number of carbonyl (C=O) groups excluding carboxylic acids is 1. The van der Waals surface area contributed by atoms with E-state index in [2.05, 4.69) is 4.98 Å². The third kappa shape index (κ3) is 4.03. The molecule has 4 nitrogen and oxygen atoms in total. The van der Waals surface area contributed by atoms with Crippen molar-refractivity contribution < 1.29 is 23.1 Å². The van der Waals surface area contributed by atoms with Crippen molar-refractivity contribution in [3.05, 3.63) is 41.2 Å². The van der Waals surface area contributed by atoms with Crippen LogP contribution >= 0.6 is 0 Å². The molecule has 0 spiro atoms. The molecule has 3 rings (SSSR count). The van der Waals surface area contributed by atoms with Crippen molar-refractivity contribution in [3.63, 3.8) is 0 Å². The fourth-order valence-electron chi connectivity index (χ4n) is 4.50. The number of carbonyl (C=O) groups is 1. The van der Waals surface area contributed by atoms with E-state index in [0.29, 0.717) is 13.0 Å². The maximum atomic E-state index is 13.0. The van der Waals surface area contributed by atoms with Crippen molar-refractivity contribution >= 4 is 5.91 Å². The molecule has 148 valence electrons. The lowest BCUT2D eigenvalue weighted by molar-refractivity contribution is -0.141. The molecule has 1 N–H and O–H groups in total. The molecule has 2 heterocycles. The number of pyridine rings is 1. The van der Waals surface area contributed by atoms with Gasteiger partial charge in [0.05, 0.1) is 11.2 Å². The van der Waals surface area contributed by atoms with Crippen LogP contribution in [0.2, 0.25) is 0 Å². The highest BCUT2D eigenvalue weighted by atomic mass is 19.4. The summed E-state index contributed by atoms with van der Waals surface area (Å²) in [4.78, 5) is 18.1. The van der Waals surface area contributed by atoms with E-state index in [9.17, 15) is 23.1 Å². The number of amides is 1. The Bertz CT molecular complexity index is 726. The van der Waals surface area contributed by atoms with Crippen LogP contribution in [0.1, 0.15) is 62.0 Å². The highest BCUT2D eigenvalue weighted by molar-refractivity contribution is 5.94. The minimum atomic E-state index is -4.53. The van der Waals surface area contributed by atoms with Gasteiger partial charge in [-0.15, -0.1) is 0 Å². The van der Waals surface area contributed by atoms with Gasteiger partial charge in [0, 0.05) is 24.7 Å². The first-order valence-corrected chi connectivity index (χ1v) is 9.34. The summed E-state index contributed by atoms with van der Waals surface area (Å²) in [5.41, 5.74) is -0.751. The van der Waals surface area contributed by atoms with Gasteiger partial charge in [-0.1, -0.05) is 24.5 Å². The Labute approximate surface area is 157 Å². The lowest BCUT2D eigenvalue weighted by Crippen LogP contribution is -2.59. The summed E-state index contributed by atoms with van der Waals surface area (Å²) in [5, 5.41) is 11.2. The Kier molecular flexibility index (Phi) is 5.34. The molecule has 1 amide bonds. The number of piperidine rings is 1. The molecule has 2 fully saturated rings. The molecule has 0 radical (unpaired) electrons. The van der Waals surface area contributed by atoms with Crippen LogP contribution in [-0.4, -0.2) is 39.1 Å². The van der Waals surface area contributed by atoms with Crippen molar-refractivity contribution in [1.82, 2.24) is 9.88 Å². The lowest BCUT2D eigenvalue weighted by atomic mass is 9.68. The summed E-state index contributed by atoms with van der Waals surface area (Å²) in [6.45, 7) is 4.27. The number of halogens is 3. The van der Waals surface area contributed by atoms with Gasteiger partial charge in [0.2, 0.25) is 0 Å². The topological polar surface area (TPSA) is 53.4 Å². The van der Waals surface area contributed by atoms with Crippen molar-refractivity contribution in [2.75, 3.05) is 6.54 Å². The quantitative estimate of drug-likeness (QED) is 0.780. The second-order valence-electron chi connectivity index (χ2n) is 7.85. The number of nitrogens with zero attached hydrogens (tertiary/aromatic N) is 2. The number of alkyl halides is 3. The summed E-state index contributed by atoms with van der Waals surface area (Å²) in [5.74, 6) is -0.367. The molecule has 1 unspecified atom stereocenters. The molecular weight excluding hydrogens is 357 g/mol. The number of aliphatic hydroxyl groups is 1. The van der Waals surface area contributed by atoms with Gasteiger partial charge in [0.15, 0.2) is 0 Å². The van der Waals surface area contributed by atoms with Gasteiger partial charge in [0.1, 0.15) is 5.69 Å². The Morgan fingerprint density at radius 3 is 2.59 bits per heavy atom. The molecule has 7 heteroatoms. The Morgan fingerprint density at radius 1 is 1.30 bits per heavy atom. The summed E-state index contributed by atoms with van der Waals surface area (Å²) in [6, 6.07) is 1.92. The van der Waals surface area contributed by atoms with Crippen LogP contribution in [0.5, 0.6) is 0 Å². The maximum Gasteiger partial charge on any atom is 0.433 e. The van der Waals surface area contributed by atoms with E-state index >= 15 is 0 Å². The Morgan fingerprint density at radius 2 is 2.00 bits per heavy atom. The number of hydrogen-bond acceptors (Lipinski definition) is 3. The standard InChI is InChI=1S/C20H25F3N2O2/c1-13(2)11-19(27)9-10-25(16-6-4-3-5-15(16)19)18(26)14-7-8-17(24-12-14)20(21,22)23/h7-8,11-12,15-16,27H,3-6,9-10H2,1-2H3/t15-,16+,19?/m0/s1. The van der Waals surface area contributed by atoms with Crippen molar-refractivity contribution in [3.8, 4) is 0 Å². The van der Waals surface area contributed by atoms with Crippen LogP contribution in [0.15, 0.2) is 30.0 Å². The van der Waals surface area contributed by atoms with Crippen LogP contribution in [-0.2, 0) is 6.18 Å². The third-order valence-corrected chi connectivity index (χ3v) is 5.63. The maximum absolute atomic E-state index is 13.0. The van der Waals surface area contributed by atoms with Crippen LogP contribution in [0.4, 0.5) is 13.2 Å². The van der Waals surface area contributed by atoms with Gasteiger partial charge in [-0.3, -0.25) is 9.78 Å². The fraction of sp³-hybridized carbons (Fsp3) is 0.600. The van der Waals surface area contributed by atoms with E-state index in [1.165, 1.54) is 6.07 Å². The number of fused-ring (bicyclic) bond motifs is 1. The zero-order valence-corrected chi connectivity index (χ0v) is 15.6. The van der Waals surface area contributed by atoms with Gasteiger partial charge in [-0.2, -0.15) is 13.2 Å². The van der Waals surface area contributed by atoms with Crippen molar-refractivity contribution in [1.29, 1.82) is 0 Å². The van der Waals surface area contributed by atoms with Gasteiger partial charge in [-0.25, -0.2) is 0 Å². The van der Waals surface area contributed by atoms with Crippen LogP contribution in [0.3, 0.4) is 0 Å². The predicted octanol–water partition coefficient (Wildman–Crippen LogP) is 4.20. The predicted molar refractivity (Wildman–Crippen MR) is 95.0 cm³/mol. The fourth-order valence-corrected chi connectivity index (χ4v) is 4.50. The molecule has 1 aliphatic carbocycles. The average Bonchev–Trinajstić information content (AvgIpc) is 2.60. The molecule has 1 saturated heterocycles. The minimum Gasteiger partial charge on any atom is -0.385 e. The molecule has 1 saturated carbocycles. The van der Waals surface area contributed by atoms with E-state index in [4.69, 9.17) is 0 Å². The molecule has 27 heavy (non-hydrogen) atoms. The third-order valence-electron chi connectivity index (χ3n) is 5.63. The number of rotatable bonds is 2. The van der Waals surface area contributed by atoms with Gasteiger partial charge < -0.3 is 10.0 Å². The molecule has 0 aromatic carbocycles. The van der Waals surface area contributed by atoms with Crippen LogP contribution in [0, 0.1) is 5.92 Å². The first kappa shape index (κ1) is 19.9. The number of aromatic nitrogens is 1. The number of likely N-dealkylation sites (tertiary alicyclic amines) is 1. The van der Waals surface area contributed by atoms with Gasteiger partial charge >= 0.3 is 6.18 Å². The second kappa shape index (κ2) is 7.26. The van der Waals surface area contributed by atoms with E-state index in [0.717, 1.165) is 43.5 Å². The SMILES string of the molecule is CC(C)=CC1(O)CCN(C(=O)c2ccc(C(F)(F)F)nc2)[C@@H]2CCCC[C@@H]21. The normalized spacial score (nSPS) is 28.4. The van der Waals surface area contributed by atoms with Gasteiger partial charge in [0.25, 0.3) is 5.91 Å². The number of hydrogen-bond donors (Lipinski definition) is 1. The molecular formula is C20H25F3N2O2. The first-order chi connectivity index (χ1) is 12.6. The minimum absolute atomic E-state index is 0.0544. The monoisotopic (exact) mass is 382 g/mol. The van der Waals surface area contributed by atoms with Crippen molar-refractivity contribution in [2.24, 2.45) is 5.92 Å². The second-order valence-corrected chi connectivity index (χ2v) is 7.85. The smallest absolute Gasteiger partial charge is 0.385 e. The molecule has 3 atom stereocenters. The zero-order chi connectivity index (χ0) is 19.8. The van der Waals surface area contributed by atoms with E-state index in [1.807, 2.05) is 19.9 Å². The Hall–Kier alpha value is -1.89. The van der Waals surface area contributed by atoms with E-state index in [1.54, 1.807) is 4.90 Å². The van der Waals surface area contributed by atoms with Gasteiger partial charge in [-0.05, 0) is 45.2 Å². The summed E-state index contributed by atoms with van der Waals surface area (Å²) >= 11 is 0. The molecule has 0 bridgehead atoms. The summed E-state index contributed by atoms with van der Waals surface area (Å²) in [7, 11) is 0. The number of allylic oxidation sites excluding steroid dienone is 1. The highest BCUT2D eigenvalue weighted by Crippen LogP contribution is 2.43. The van der Waals surface area contributed by atoms with Crippen molar-refractivity contribution in [2.45, 2.75) is 63.8 Å². The Balaban J connectivity index is 1.84. The molecule has 1 aromatic heterocycles. The highest BCUT2D eigenvalue weighted by Gasteiger charge is 2.48. The first-order valence-electron chi connectivity index (χ1n) is 9.34. The molecule has 2 aliphatic rings. The summed E-state index contributed by atoms with van der Waals surface area (Å²) < 4.78 is 38.1. The molecule has 1 aliphatic heterocycles. The largest absolute Gasteiger partial charge is 0.433 e.